The fourth-order valence-corrected chi connectivity index (χ4v) is 6.09. The van der Waals surface area contributed by atoms with E-state index in [1.807, 2.05) is 37.3 Å². The van der Waals surface area contributed by atoms with Crippen molar-refractivity contribution in [1.82, 2.24) is 10.7 Å². The number of amides is 2. The van der Waals surface area contributed by atoms with Crippen LogP contribution in [0.1, 0.15) is 29.7 Å². The van der Waals surface area contributed by atoms with Crippen molar-refractivity contribution >= 4 is 51.0 Å². The predicted octanol–water partition coefficient (Wildman–Crippen LogP) is 5.17. The molecule has 0 aromatic heterocycles. The largest absolute Gasteiger partial charge is 0.495 e. The second-order valence-electron chi connectivity index (χ2n) is 10.4. The molecule has 1 atom stereocenters. The SMILES string of the molecule is COc1ccc(Cl)cc1N(CC(=O)N/N=C\c1ccc(OCC(=O)N[C@@H](C)c2ccccc2)cc1)S(=O)(=O)c1ccc(C)c([N+](=O)[O-])c1. The first-order valence-corrected chi connectivity index (χ1v) is 16.2. The van der Waals surface area contributed by atoms with E-state index in [2.05, 4.69) is 15.8 Å². The molecule has 0 aliphatic heterocycles. The molecule has 0 saturated carbocycles. The lowest BCUT2D eigenvalue weighted by molar-refractivity contribution is -0.385. The zero-order valence-electron chi connectivity index (χ0n) is 26.1. The van der Waals surface area contributed by atoms with E-state index < -0.39 is 38.0 Å². The number of anilines is 1. The Labute approximate surface area is 282 Å². The first-order valence-electron chi connectivity index (χ1n) is 14.4. The summed E-state index contributed by atoms with van der Waals surface area (Å²) in [4.78, 5) is 35.7. The van der Waals surface area contributed by atoms with Gasteiger partial charge in [-0.3, -0.25) is 24.0 Å². The average Bonchev–Trinajstić information content (AvgIpc) is 3.07. The lowest BCUT2D eigenvalue weighted by Gasteiger charge is -2.25. The van der Waals surface area contributed by atoms with Crippen molar-refractivity contribution in [2.45, 2.75) is 24.8 Å². The van der Waals surface area contributed by atoms with Gasteiger partial charge in [-0.05, 0) is 73.5 Å². The third kappa shape index (κ3) is 9.08. The molecular weight excluding hydrogens is 662 g/mol. The summed E-state index contributed by atoms with van der Waals surface area (Å²) in [7, 11) is -3.24. The summed E-state index contributed by atoms with van der Waals surface area (Å²) in [5.41, 5.74) is 3.62. The van der Waals surface area contributed by atoms with Gasteiger partial charge in [0.05, 0.1) is 34.9 Å². The summed E-state index contributed by atoms with van der Waals surface area (Å²) in [5.74, 6) is -0.585. The number of carbonyl (C=O) groups excluding carboxylic acids is 2. The highest BCUT2D eigenvalue weighted by molar-refractivity contribution is 7.92. The van der Waals surface area contributed by atoms with Crippen LogP contribution in [0.2, 0.25) is 5.02 Å². The number of nitro groups is 1. The maximum Gasteiger partial charge on any atom is 0.273 e. The van der Waals surface area contributed by atoms with Crippen molar-refractivity contribution in [3.63, 3.8) is 0 Å². The molecule has 4 rings (SSSR count). The van der Waals surface area contributed by atoms with E-state index in [9.17, 15) is 28.1 Å². The zero-order valence-corrected chi connectivity index (χ0v) is 27.7. The van der Waals surface area contributed by atoms with Gasteiger partial charge in [0.15, 0.2) is 6.61 Å². The maximum absolute atomic E-state index is 13.8. The minimum atomic E-state index is -4.55. The molecule has 0 unspecified atom stereocenters. The Hall–Kier alpha value is -5.47. The van der Waals surface area contributed by atoms with Crippen molar-refractivity contribution in [2.75, 3.05) is 24.6 Å². The van der Waals surface area contributed by atoms with Crippen LogP contribution in [0, 0.1) is 17.0 Å². The molecule has 2 amide bonds. The molecule has 0 aliphatic rings. The Morgan fingerprint density at radius 1 is 1.02 bits per heavy atom. The molecule has 4 aromatic rings. The summed E-state index contributed by atoms with van der Waals surface area (Å²) >= 11 is 6.16. The summed E-state index contributed by atoms with van der Waals surface area (Å²) in [6, 6.07) is 23.5. The molecule has 0 bridgehead atoms. The molecule has 48 heavy (non-hydrogen) atoms. The quantitative estimate of drug-likeness (QED) is 0.104. The summed E-state index contributed by atoms with van der Waals surface area (Å²) in [6.07, 6.45) is 1.33. The topological polar surface area (TPSA) is 170 Å². The molecule has 4 aromatic carbocycles. The molecule has 0 radical (unpaired) electrons. The number of ether oxygens (including phenoxy) is 2. The van der Waals surface area contributed by atoms with Gasteiger partial charge in [0.2, 0.25) is 0 Å². The van der Waals surface area contributed by atoms with Crippen molar-refractivity contribution < 1.29 is 32.4 Å². The van der Waals surface area contributed by atoms with E-state index >= 15 is 0 Å². The highest BCUT2D eigenvalue weighted by Crippen LogP contribution is 2.35. The van der Waals surface area contributed by atoms with Crippen LogP contribution in [0.3, 0.4) is 0 Å². The summed E-state index contributed by atoms with van der Waals surface area (Å²) in [5, 5.41) is 18.5. The third-order valence-corrected chi connectivity index (χ3v) is 8.98. The summed E-state index contributed by atoms with van der Waals surface area (Å²) < 4.78 is 39.3. The van der Waals surface area contributed by atoms with Gasteiger partial charge in [-0.25, -0.2) is 13.8 Å². The van der Waals surface area contributed by atoms with Crippen LogP contribution >= 0.6 is 11.6 Å². The van der Waals surface area contributed by atoms with E-state index in [4.69, 9.17) is 21.1 Å². The summed E-state index contributed by atoms with van der Waals surface area (Å²) in [6.45, 7) is 2.40. The first-order chi connectivity index (χ1) is 22.9. The molecular formula is C33H32ClN5O8S. The molecule has 0 spiro atoms. The van der Waals surface area contributed by atoms with E-state index in [0.717, 1.165) is 15.9 Å². The second kappa shape index (κ2) is 15.9. The van der Waals surface area contributed by atoms with E-state index in [1.54, 1.807) is 24.3 Å². The van der Waals surface area contributed by atoms with Crippen LogP contribution in [-0.2, 0) is 19.6 Å². The Morgan fingerprint density at radius 2 is 1.73 bits per heavy atom. The Bertz CT molecular complexity index is 1920. The smallest absolute Gasteiger partial charge is 0.273 e. The van der Waals surface area contributed by atoms with E-state index in [0.29, 0.717) is 11.3 Å². The number of carbonyl (C=O) groups is 2. The highest BCUT2D eigenvalue weighted by Gasteiger charge is 2.31. The van der Waals surface area contributed by atoms with Crippen molar-refractivity contribution in [3.8, 4) is 11.5 Å². The third-order valence-electron chi connectivity index (χ3n) is 6.99. The molecule has 13 nitrogen and oxygen atoms in total. The van der Waals surface area contributed by atoms with Crippen LogP contribution in [0.5, 0.6) is 11.5 Å². The minimum Gasteiger partial charge on any atom is -0.495 e. The number of hydrogen-bond donors (Lipinski definition) is 2. The zero-order chi connectivity index (χ0) is 34.8. The number of nitro benzene ring substituents is 1. The van der Waals surface area contributed by atoms with Gasteiger partial charge in [-0.1, -0.05) is 48.0 Å². The molecule has 0 heterocycles. The van der Waals surface area contributed by atoms with Gasteiger partial charge >= 0.3 is 0 Å². The van der Waals surface area contributed by atoms with E-state index in [1.165, 1.54) is 50.6 Å². The number of hydrazone groups is 1. The number of rotatable bonds is 14. The second-order valence-corrected chi connectivity index (χ2v) is 12.7. The van der Waals surface area contributed by atoms with Crippen molar-refractivity contribution in [3.05, 3.63) is 123 Å². The number of nitrogens with zero attached hydrogens (tertiary/aromatic N) is 3. The van der Waals surface area contributed by atoms with Gasteiger partial charge in [0.1, 0.15) is 18.0 Å². The fraction of sp³-hybridized carbons (Fsp3) is 0.182. The van der Waals surface area contributed by atoms with Gasteiger partial charge in [0.25, 0.3) is 27.5 Å². The van der Waals surface area contributed by atoms with Gasteiger partial charge in [-0.2, -0.15) is 5.10 Å². The fourth-order valence-electron chi connectivity index (χ4n) is 4.48. The molecule has 2 N–H and O–H groups in total. The van der Waals surface area contributed by atoms with Crippen LogP contribution < -0.4 is 24.5 Å². The number of methoxy groups -OCH3 is 1. The predicted molar refractivity (Wildman–Crippen MR) is 181 cm³/mol. The minimum absolute atomic E-state index is 0.0637. The number of benzene rings is 4. The highest BCUT2D eigenvalue weighted by atomic mass is 35.5. The standard InChI is InChI=1S/C33H32ClN5O8S/c1-22-9-15-28(18-29(22)39(42)43)48(44,45)38(30-17-26(34)12-16-31(30)46-3)20-32(40)37-35-19-24-10-13-27(14-11-24)47-21-33(41)36-23(2)25-7-5-4-6-8-25/h4-19,23H,20-21H2,1-3H3,(H,36,41)(H,37,40)/b35-19-/t23-/m0/s1. The molecule has 15 heteroatoms. The monoisotopic (exact) mass is 693 g/mol. The number of halogens is 1. The Kier molecular flexibility index (Phi) is 11.7. The molecule has 0 aliphatic carbocycles. The van der Waals surface area contributed by atoms with Crippen molar-refractivity contribution in [2.24, 2.45) is 5.10 Å². The first kappa shape index (κ1) is 35.4. The van der Waals surface area contributed by atoms with Crippen LogP contribution in [0.4, 0.5) is 11.4 Å². The molecule has 250 valence electrons. The normalized spacial score (nSPS) is 11.8. The molecule has 0 saturated heterocycles. The van der Waals surface area contributed by atoms with Gasteiger partial charge in [0, 0.05) is 16.7 Å². The number of nitrogens with one attached hydrogen (secondary N) is 2. The molecule has 0 fully saturated rings. The van der Waals surface area contributed by atoms with E-state index in [-0.39, 0.29) is 40.6 Å². The van der Waals surface area contributed by atoms with Crippen LogP contribution in [0.25, 0.3) is 0 Å². The lowest BCUT2D eigenvalue weighted by atomic mass is 10.1. The number of aryl methyl sites for hydroxylation is 1. The lowest BCUT2D eigenvalue weighted by Crippen LogP contribution is -2.39. The van der Waals surface area contributed by atoms with Gasteiger partial charge in [-0.15, -0.1) is 0 Å². The van der Waals surface area contributed by atoms with Crippen molar-refractivity contribution in [1.29, 1.82) is 0 Å². The van der Waals surface area contributed by atoms with Gasteiger partial charge < -0.3 is 14.8 Å². The number of hydrogen-bond acceptors (Lipinski definition) is 9. The Balaban J connectivity index is 1.43. The number of sulfonamides is 1. The van der Waals surface area contributed by atoms with Crippen LogP contribution in [-0.4, -0.2) is 51.6 Å². The Morgan fingerprint density at radius 3 is 2.40 bits per heavy atom. The maximum atomic E-state index is 13.8. The van der Waals surface area contributed by atoms with Crippen LogP contribution in [0.15, 0.2) is 101 Å². The average molecular weight is 694 g/mol.